The summed E-state index contributed by atoms with van der Waals surface area (Å²) in [6, 6.07) is 14.6. The summed E-state index contributed by atoms with van der Waals surface area (Å²) in [6.07, 6.45) is 0. The molecular weight excluding hydrogens is 312 g/mol. The molecule has 1 fully saturated rings. The van der Waals surface area contributed by atoms with Gasteiger partial charge in [0, 0.05) is 0 Å². The first-order valence-electron chi connectivity index (χ1n) is 7.20. The van der Waals surface area contributed by atoms with Gasteiger partial charge in [0.2, 0.25) is 11.8 Å². The fourth-order valence-electron chi connectivity index (χ4n) is 2.39. The summed E-state index contributed by atoms with van der Waals surface area (Å²) in [5, 5.41) is 11.2. The fourth-order valence-corrected chi connectivity index (χ4v) is 2.39. The van der Waals surface area contributed by atoms with E-state index in [-0.39, 0.29) is 0 Å². The van der Waals surface area contributed by atoms with Crippen molar-refractivity contribution in [3.63, 3.8) is 0 Å². The summed E-state index contributed by atoms with van der Waals surface area (Å²) in [4.78, 5) is 36.2. The lowest BCUT2D eigenvalue weighted by atomic mass is 9.95. The number of hydrogen-bond donors (Lipinski definition) is 2. The zero-order chi connectivity index (χ0) is 17.1. The Bertz CT molecular complexity index is 773. The van der Waals surface area contributed by atoms with Crippen LogP contribution in [0.15, 0.2) is 54.6 Å². The fraction of sp³-hybridized carbons (Fsp3) is 0.118. The van der Waals surface area contributed by atoms with Gasteiger partial charge in [0.05, 0.1) is 0 Å². The Kier molecular flexibility index (Phi) is 4.26. The Morgan fingerprint density at radius 3 is 2.21 bits per heavy atom. The zero-order valence-electron chi connectivity index (χ0n) is 12.5. The van der Waals surface area contributed by atoms with Crippen LogP contribution in [0.4, 0.5) is 4.79 Å². The molecule has 2 N–H and O–H groups in total. The maximum absolute atomic E-state index is 12.2. The minimum atomic E-state index is -1.18. The average Bonchev–Trinajstić information content (AvgIpc) is 2.57. The predicted octanol–water partition coefficient (Wildman–Crippen LogP) is 1.59. The van der Waals surface area contributed by atoms with Crippen molar-refractivity contribution in [1.82, 2.24) is 10.2 Å². The van der Waals surface area contributed by atoms with Crippen LogP contribution in [0.2, 0.25) is 0 Å². The van der Waals surface area contributed by atoms with Crippen molar-refractivity contribution < 1.29 is 24.2 Å². The first kappa shape index (κ1) is 15.7. The number of para-hydroxylation sites is 1. The highest BCUT2D eigenvalue weighted by Gasteiger charge is 2.41. The maximum Gasteiger partial charge on any atom is 0.332 e. The molecule has 7 heteroatoms. The van der Waals surface area contributed by atoms with Gasteiger partial charge in [-0.2, -0.15) is 0 Å². The van der Waals surface area contributed by atoms with Gasteiger partial charge >= 0.3 is 6.03 Å². The number of nitrogens with one attached hydrogen (secondary N) is 1. The summed E-state index contributed by atoms with van der Waals surface area (Å²) in [5.41, 5.74) is 0.406. The van der Waals surface area contributed by atoms with Crippen LogP contribution in [0, 0.1) is 0 Å². The number of benzene rings is 2. The van der Waals surface area contributed by atoms with Gasteiger partial charge in [-0.05, 0) is 29.8 Å². The Morgan fingerprint density at radius 2 is 1.58 bits per heavy atom. The van der Waals surface area contributed by atoms with Gasteiger partial charge in [-0.25, -0.2) is 9.69 Å². The molecule has 0 radical (unpaired) electrons. The first-order chi connectivity index (χ1) is 11.6. The van der Waals surface area contributed by atoms with Gasteiger partial charge in [0.25, 0.3) is 0 Å². The number of imide groups is 2. The van der Waals surface area contributed by atoms with Gasteiger partial charge in [-0.1, -0.05) is 30.3 Å². The molecule has 24 heavy (non-hydrogen) atoms. The molecule has 0 spiro atoms. The van der Waals surface area contributed by atoms with Crippen molar-refractivity contribution in [1.29, 1.82) is 0 Å². The molecule has 2 aromatic rings. The Labute approximate surface area is 137 Å². The van der Waals surface area contributed by atoms with Crippen LogP contribution < -0.4 is 10.1 Å². The number of urea groups is 1. The lowest BCUT2D eigenvalue weighted by molar-refractivity contribution is -0.140. The smallest absolute Gasteiger partial charge is 0.332 e. The molecule has 0 aromatic heterocycles. The second-order valence-corrected chi connectivity index (χ2v) is 5.12. The number of barbiturate groups is 1. The van der Waals surface area contributed by atoms with Crippen LogP contribution in [-0.4, -0.2) is 34.6 Å². The number of rotatable bonds is 4. The van der Waals surface area contributed by atoms with Crippen LogP contribution in [0.25, 0.3) is 0 Å². The predicted molar refractivity (Wildman–Crippen MR) is 83.2 cm³/mol. The van der Waals surface area contributed by atoms with E-state index in [9.17, 15) is 14.4 Å². The van der Waals surface area contributed by atoms with Gasteiger partial charge in [0.1, 0.15) is 24.1 Å². The minimum absolute atomic E-state index is 0.406. The van der Waals surface area contributed by atoms with Gasteiger partial charge in [0.15, 0.2) is 0 Å². The van der Waals surface area contributed by atoms with Crippen molar-refractivity contribution in [2.75, 3.05) is 6.73 Å². The Hall–Kier alpha value is -3.19. The lowest BCUT2D eigenvalue weighted by Crippen LogP contribution is -2.56. The van der Waals surface area contributed by atoms with Crippen molar-refractivity contribution in [3.05, 3.63) is 60.2 Å². The zero-order valence-corrected chi connectivity index (χ0v) is 12.5. The molecular formula is C17H14N2O5. The van der Waals surface area contributed by atoms with E-state index in [1.807, 2.05) is 23.5 Å². The summed E-state index contributed by atoms with van der Waals surface area (Å²) in [7, 11) is 0. The third kappa shape index (κ3) is 2.97. The monoisotopic (exact) mass is 326 g/mol. The number of hydrogen-bond acceptors (Lipinski definition) is 5. The van der Waals surface area contributed by atoms with E-state index in [0.717, 1.165) is 0 Å². The largest absolute Gasteiger partial charge is 0.457 e. The topological polar surface area (TPSA) is 95.9 Å². The normalized spacial score (nSPS) is 17.6. The molecule has 7 nitrogen and oxygen atoms in total. The van der Waals surface area contributed by atoms with Crippen LogP contribution in [0.5, 0.6) is 11.5 Å². The van der Waals surface area contributed by atoms with Gasteiger partial charge in [-0.3, -0.25) is 14.9 Å². The average molecular weight is 326 g/mol. The molecule has 0 aliphatic carbocycles. The molecule has 2 aromatic carbocycles. The second kappa shape index (κ2) is 6.51. The van der Waals surface area contributed by atoms with E-state index in [4.69, 9.17) is 9.84 Å². The highest BCUT2D eigenvalue weighted by Crippen LogP contribution is 2.26. The van der Waals surface area contributed by atoms with Crippen LogP contribution in [0.1, 0.15) is 11.5 Å². The number of carbonyl (C=O) groups excluding carboxylic acids is 3. The maximum atomic E-state index is 12.2. The number of nitrogens with zero attached hydrogens (tertiary/aromatic N) is 1. The molecule has 122 valence electrons. The van der Waals surface area contributed by atoms with E-state index in [0.29, 0.717) is 22.0 Å². The van der Waals surface area contributed by atoms with E-state index in [2.05, 4.69) is 0 Å². The number of aliphatic hydroxyl groups is 1. The second-order valence-electron chi connectivity index (χ2n) is 5.12. The molecule has 1 aliphatic heterocycles. The quantitative estimate of drug-likeness (QED) is 0.832. The highest BCUT2D eigenvalue weighted by atomic mass is 16.5. The molecule has 1 unspecified atom stereocenters. The Balaban J connectivity index is 1.81. The summed E-state index contributed by atoms with van der Waals surface area (Å²) in [5.74, 6) is -1.45. The molecule has 0 saturated carbocycles. The highest BCUT2D eigenvalue weighted by molar-refractivity contribution is 6.19. The summed E-state index contributed by atoms with van der Waals surface area (Å²) < 4.78 is 5.64. The van der Waals surface area contributed by atoms with Gasteiger partial charge < -0.3 is 9.84 Å². The summed E-state index contributed by atoms with van der Waals surface area (Å²) >= 11 is 0. The molecule has 3 rings (SSSR count). The van der Waals surface area contributed by atoms with Crippen LogP contribution >= 0.6 is 0 Å². The van der Waals surface area contributed by atoms with Crippen LogP contribution in [-0.2, 0) is 9.59 Å². The number of aliphatic hydroxyl groups excluding tert-OH is 1. The molecule has 4 amide bonds. The molecule has 1 aliphatic rings. The SMILES string of the molecule is O=C1NC(=O)N(CO)C(=O)C1c1ccc(Oc2ccccc2)cc1. The van der Waals surface area contributed by atoms with Crippen LogP contribution in [0.3, 0.4) is 0 Å². The number of ether oxygens (including phenoxy) is 1. The summed E-state index contributed by atoms with van der Waals surface area (Å²) in [6.45, 7) is -0.788. The standard InChI is InChI=1S/C17H14N2O5/c20-10-19-16(22)14(15(21)18-17(19)23)11-6-8-13(9-7-11)24-12-4-2-1-3-5-12/h1-9,14,20H,10H2,(H,18,21,23). The molecule has 1 atom stereocenters. The third-order valence-corrected chi connectivity index (χ3v) is 3.58. The minimum Gasteiger partial charge on any atom is -0.457 e. The van der Waals surface area contributed by atoms with Crippen molar-refractivity contribution in [2.45, 2.75) is 5.92 Å². The third-order valence-electron chi connectivity index (χ3n) is 3.58. The van der Waals surface area contributed by atoms with E-state index in [1.54, 1.807) is 36.4 Å². The lowest BCUT2D eigenvalue weighted by Gasteiger charge is -2.28. The number of amides is 4. The molecule has 1 saturated heterocycles. The van der Waals surface area contributed by atoms with Crippen molar-refractivity contribution in [2.24, 2.45) is 0 Å². The van der Waals surface area contributed by atoms with E-state index in [1.165, 1.54) is 0 Å². The first-order valence-corrected chi connectivity index (χ1v) is 7.20. The Morgan fingerprint density at radius 1 is 0.958 bits per heavy atom. The molecule has 1 heterocycles. The molecule has 0 bridgehead atoms. The van der Waals surface area contributed by atoms with E-state index < -0.39 is 30.5 Å². The van der Waals surface area contributed by atoms with Crippen molar-refractivity contribution >= 4 is 17.8 Å². The van der Waals surface area contributed by atoms with Gasteiger partial charge in [-0.15, -0.1) is 0 Å². The van der Waals surface area contributed by atoms with E-state index >= 15 is 0 Å². The number of carbonyl (C=O) groups is 3. The van der Waals surface area contributed by atoms with Crippen molar-refractivity contribution in [3.8, 4) is 11.5 Å².